The van der Waals surface area contributed by atoms with E-state index in [1.165, 1.54) is 5.56 Å². The first-order chi connectivity index (χ1) is 12.0. The maximum Gasteiger partial charge on any atom is 0.127 e. The van der Waals surface area contributed by atoms with E-state index >= 15 is 0 Å². The van der Waals surface area contributed by atoms with Gasteiger partial charge in [-0.25, -0.2) is 0 Å². The van der Waals surface area contributed by atoms with Crippen LogP contribution in [0, 0.1) is 6.92 Å². The molecule has 0 aliphatic heterocycles. The molecule has 3 heteroatoms. The fourth-order valence-electron chi connectivity index (χ4n) is 2.61. The Morgan fingerprint density at radius 2 is 1.04 bits per heavy atom. The Morgan fingerprint density at radius 3 is 1.52 bits per heavy atom. The molecule has 0 unspecified atom stereocenters. The van der Waals surface area contributed by atoms with Gasteiger partial charge in [0.15, 0.2) is 0 Å². The lowest BCUT2D eigenvalue weighted by molar-refractivity contribution is 0.198. The Kier molecular flexibility index (Phi) is 5.17. The smallest absolute Gasteiger partial charge is 0.127 e. The number of ether oxygens (including phenoxy) is 1. The van der Waals surface area contributed by atoms with Crippen LogP contribution >= 0.6 is 0 Å². The highest BCUT2D eigenvalue weighted by molar-refractivity contribution is 5.38. The predicted molar refractivity (Wildman–Crippen MR) is 98.8 cm³/mol. The van der Waals surface area contributed by atoms with Crippen LogP contribution in [0.25, 0.3) is 0 Å². The van der Waals surface area contributed by atoms with Gasteiger partial charge in [-0.3, -0.25) is 0 Å². The second-order valence-electron chi connectivity index (χ2n) is 6.23. The highest BCUT2D eigenvalue weighted by atomic mass is 16.5. The number of aryl methyl sites for hydroxylation is 1. The first-order valence-electron chi connectivity index (χ1n) is 8.33. The van der Waals surface area contributed by atoms with Crippen molar-refractivity contribution < 1.29 is 14.9 Å². The second kappa shape index (κ2) is 7.51. The summed E-state index contributed by atoms with van der Waals surface area (Å²) in [6.07, 6.45) is -1.22. The summed E-state index contributed by atoms with van der Waals surface area (Å²) in [6.45, 7) is 3.76. The molecule has 3 rings (SSSR count). The summed E-state index contributed by atoms with van der Waals surface area (Å²) in [5, 5.41) is 20.1. The highest BCUT2D eigenvalue weighted by Gasteiger charge is 2.11. The maximum atomic E-state index is 10.5. The van der Waals surface area contributed by atoms with Gasteiger partial charge in [0.1, 0.15) is 17.6 Å². The van der Waals surface area contributed by atoms with Crippen LogP contribution in [0.5, 0.6) is 11.5 Å². The molecule has 0 aromatic heterocycles. The molecule has 3 aromatic carbocycles. The van der Waals surface area contributed by atoms with E-state index in [1.54, 1.807) is 6.92 Å². The zero-order chi connectivity index (χ0) is 17.8. The van der Waals surface area contributed by atoms with Crippen molar-refractivity contribution >= 4 is 0 Å². The van der Waals surface area contributed by atoms with Gasteiger partial charge in [0, 0.05) is 0 Å². The number of rotatable bonds is 5. The van der Waals surface area contributed by atoms with Crippen LogP contribution in [-0.2, 0) is 0 Å². The van der Waals surface area contributed by atoms with Gasteiger partial charge in [0.05, 0.1) is 6.10 Å². The third-order valence-corrected chi connectivity index (χ3v) is 4.19. The third-order valence-electron chi connectivity index (χ3n) is 4.19. The Bertz CT molecular complexity index is 803. The van der Waals surface area contributed by atoms with Gasteiger partial charge in [0.2, 0.25) is 0 Å². The van der Waals surface area contributed by atoms with E-state index in [2.05, 4.69) is 0 Å². The molecule has 0 aliphatic rings. The van der Waals surface area contributed by atoms with Crippen molar-refractivity contribution in [2.24, 2.45) is 0 Å². The minimum absolute atomic E-state index is 0.510. The summed E-state index contributed by atoms with van der Waals surface area (Å²) in [6, 6.07) is 22.6. The molecule has 0 radical (unpaired) electrons. The molecular formula is C22H22O3. The van der Waals surface area contributed by atoms with Crippen molar-refractivity contribution in [2.45, 2.75) is 26.1 Å². The second-order valence-corrected chi connectivity index (χ2v) is 6.23. The van der Waals surface area contributed by atoms with Crippen LogP contribution in [0.1, 0.15) is 41.4 Å². The molecule has 0 aliphatic carbocycles. The Morgan fingerprint density at radius 1 is 0.640 bits per heavy atom. The molecule has 2 N–H and O–H groups in total. The third kappa shape index (κ3) is 4.27. The number of aliphatic hydroxyl groups is 2. The fraction of sp³-hybridized carbons (Fsp3) is 0.182. The van der Waals surface area contributed by atoms with E-state index in [-0.39, 0.29) is 0 Å². The van der Waals surface area contributed by atoms with E-state index < -0.39 is 12.2 Å². The van der Waals surface area contributed by atoms with Gasteiger partial charge in [0.25, 0.3) is 0 Å². The minimum atomic E-state index is -0.712. The molecule has 2 atom stereocenters. The van der Waals surface area contributed by atoms with Crippen LogP contribution in [0.2, 0.25) is 0 Å². The minimum Gasteiger partial charge on any atom is -0.457 e. The van der Waals surface area contributed by atoms with Crippen LogP contribution < -0.4 is 4.74 Å². The van der Waals surface area contributed by atoms with Crippen molar-refractivity contribution in [3.8, 4) is 11.5 Å². The van der Waals surface area contributed by atoms with Gasteiger partial charge >= 0.3 is 0 Å². The number of hydrogen-bond acceptors (Lipinski definition) is 3. The van der Waals surface area contributed by atoms with Crippen molar-refractivity contribution in [2.75, 3.05) is 0 Å². The molecular weight excluding hydrogens is 312 g/mol. The quantitative estimate of drug-likeness (QED) is 0.696. The van der Waals surface area contributed by atoms with E-state index in [0.29, 0.717) is 0 Å². The molecule has 128 valence electrons. The maximum absolute atomic E-state index is 10.5. The molecule has 0 saturated carbocycles. The zero-order valence-corrected chi connectivity index (χ0v) is 14.4. The van der Waals surface area contributed by atoms with Gasteiger partial charge in [-0.05, 0) is 54.8 Å². The lowest BCUT2D eigenvalue weighted by atomic mass is 9.99. The average molecular weight is 334 g/mol. The molecule has 0 saturated heterocycles. The summed E-state index contributed by atoms with van der Waals surface area (Å²) in [5.41, 5.74) is 3.60. The lowest BCUT2D eigenvalue weighted by Crippen LogP contribution is -2.00. The molecule has 3 nitrogen and oxygen atoms in total. The van der Waals surface area contributed by atoms with Crippen molar-refractivity contribution in [3.05, 3.63) is 95.1 Å². The summed E-state index contributed by atoms with van der Waals surface area (Å²) in [7, 11) is 0. The van der Waals surface area contributed by atoms with Gasteiger partial charge < -0.3 is 14.9 Å². The first kappa shape index (κ1) is 17.2. The molecule has 0 fully saturated rings. The predicted octanol–water partition coefficient (Wildman–Crippen LogP) is 4.92. The van der Waals surface area contributed by atoms with Gasteiger partial charge in [-0.2, -0.15) is 0 Å². The molecule has 3 aromatic rings. The molecule has 0 spiro atoms. The van der Waals surface area contributed by atoms with Crippen LogP contribution in [-0.4, -0.2) is 10.2 Å². The Labute approximate surface area is 148 Å². The topological polar surface area (TPSA) is 49.7 Å². The monoisotopic (exact) mass is 334 g/mol. The molecule has 0 heterocycles. The molecule has 25 heavy (non-hydrogen) atoms. The first-order valence-corrected chi connectivity index (χ1v) is 8.33. The summed E-state index contributed by atoms with van der Waals surface area (Å²) in [4.78, 5) is 0. The van der Waals surface area contributed by atoms with Crippen LogP contribution in [0.4, 0.5) is 0 Å². The average Bonchev–Trinajstić information content (AvgIpc) is 2.64. The highest BCUT2D eigenvalue weighted by Crippen LogP contribution is 2.27. The Hall–Kier alpha value is -2.62. The lowest BCUT2D eigenvalue weighted by Gasteiger charge is -2.14. The number of aliphatic hydroxyl groups excluding tert-OH is 2. The SMILES string of the molecule is Cc1ccc(Oc2ccc([C@H](O)c3ccc([C@@H](C)O)cc3)cc2)cc1. The fourth-order valence-corrected chi connectivity index (χ4v) is 2.61. The summed E-state index contributed by atoms with van der Waals surface area (Å²) >= 11 is 0. The molecule has 0 amide bonds. The van der Waals surface area contributed by atoms with Crippen molar-refractivity contribution in [1.82, 2.24) is 0 Å². The standard InChI is InChI=1S/C22H22O3/c1-15-3-11-20(12-4-15)25-21-13-9-19(10-14-21)22(24)18-7-5-17(6-8-18)16(2)23/h3-14,16,22-24H,1-2H3/t16-,22-/m1/s1. The molecule has 0 bridgehead atoms. The van der Waals surface area contributed by atoms with Crippen LogP contribution in [0.3, 0.4) is 0 Å². The number of benzene rings is 3. The Balaban J connectivity index is 1.71. The van der Waals surface area contributed by atoms with E-state index in [4.69, 9.17) is 4.74 Å². The van der Waals surface area contributed by atoms with Crippen molar-refractivity contribution in [1.29, 1.82) is 0 Å². The summed E-state index contributed by atoms with van der Waals surface area (Å²) < 4.78 is 5.81. The van der Waals surface area contributed by atoms with Gasteiger partial charge in [-0.15, -0.1) is 0 Å². The van der Waals surface area contributed by atoms with E-state index in [9.17, 15) is 10.2 Å². The number of hydrogen-bond donors (Lipinski definition) is 2. The largest absolute Gasteiger partial charge is 0.457 e. The normalized spacial score (nSPS) is 13.3. The van der Waals surface area contributed by atoms with E-state index in [1.807, 2.05) is 79.7 Å². The summed E-state index contributed by atoms with van der Waals surface area (Å²) in [5.74, 6) is 1.51. The van der Waals surface area contributed by atoms with Gasteiger partial charge in [-0.1, -0.05) is 54.1 Å². The van der Waals surface area contributed by atoms with Crippen LogP contribution in [0.15, 0.2) is 72.8 Å². The van der Waals surface area contributed by atoms with E-state index in [0.717, 1.165) is 28.2 Å². The van der Waals surface area contributed by atoms with Crippen molar-refractivity contribution in [3.63, 3.8) is 0 Å². The zero-order valence-electron chi connectivity index (χ0n) is 14.4.